The summed E-state index contributed by atoms with van der Waals surface area (Å²) in [5.74, 6) is -0.0480. The molecule has 0 saturated heterocycles. The van der Waals surface area contributed by atoms with Crippen LogP contribution in [0.15, 0.2) is 18.2 Å². The molecule has 0 atom stereocenters. The number of amides is 2. The van der Waals surface area contributed by atoms with Crippen LogP contribution in [0.3, 0.4) is 0 Å². The molecular weight excluding hydrogens is 242 g/mol. The van der Waals surface area contributed by atoms with Crippen molar-refractivity contribution >= 4 is 23.2 Å². The molecule has 0 bridgehead atoms. The first-order valence-corrected chi connectivity index (χ1v) is 6.30. The van der Waals surface area contributed by atoms with Gasteiger partial charge in [-0.2, -0.15) is 0 Å². The van der Waals surface area contributed by atoms with Gasteiger partial charge in [-0.25, -0.2) is 0 Å². The summed E-state index contributed by atoms with van der Waals surface area (Å²) in [6.45, 7) is 4.08. The summed E-state index contributed by atoms with van der Waals surface area (Å²) in [7, 11) is 1.72. The molecule has 19 heavy (non-hydrogen) atoms. The fraction of sp³-hybridized carbons (Fsp3) is 0.429. The molecule has 5 nitrogen and oxygen atoms in total. The Morgan fingerprint density at radius 3 is 2.74 bits per heavy atom. The van der Waals surface area contributed by atoms with E-state index < -0.39 is 5.41 Å². The Morgan fingerprint density at radius 1 is 1.42 bits per heavy atom. The van der Waals surface area contributed by atoms with E-state index in [9.17, 15) is 9.59 Å². The van der Waals surface area contributed by atoms with Crippen LogP contribution in [0.1, 0.15) is 25.8 Å². The number of hydrogen-bond donors (Lipinski definition) is 2. The van der Waals surface area contributed by atoms with E-state index in [-0.39, 0.29) is 11.8 Å². The van der Waals surface area contributed by atoms with Gasteiger partial charge in [-0.05, 0) is 37.6 Å². The van der Waals surface area contributed by atoms with E-state index in [1.54, 1.807) is 11.9 Å². The van der Waals surface area contributed by atoms with Gasteiger partial charge in [0.2, 0.25) is 11.8 Å². The van der Waals surface area contributed by atoms with Crippen molar-refractivity contribution in [1.29, 1.82) is 0 Å². The highest BCUT2D eigenvalue weighted by Gasteiger charge is 2.38. The maximum absolute atomic E-state index is 11.9. The molecule has 0 unspecified atom stereocenters. The molecule has 3 N–H and O–H groups in total. The molecule has 1 aromatic rings. The summed E-state index contributed by atoms with van der Waals surface area (Å²) < 4.78 is 0. The fourth-order valence-corrected chi connectivity index (χ4v) is 2.20. The van der Waals surface area contributed by atoms with Crippen LogP contribution in [0.25, 0.3) is 0 Å². The number of nitrogens with zero attached hydrogens (tertiary/aromatic N) is 1. The summed E-state index contributed by atoms with van der Waals surface area (Å²) in [5, 5.41) is 2.85. The Bertz CT molecular complexity index is 537. The van der Waals surface area contributed by atoms with E-state index >= 15 is 0 Å². The zero-order valence-electron chi connectivity index (χ0n) is 11.5. The van der Waals surface area contributed by atoms with Crippen LogP contribution in [-0.2, 0) is 15.0 Å². The normalized spacial score (nSPS) is 15.9. The lowest BCUT2D eigenvalue weighted by Crippen LogP contribution is -2.29. The zero-order valence-corrected chi connectivity index (χ0v) is 11.5. The highest BCUT2D eigenvalue weighted by Crippen LogP contribution is 2.39. The molecule has 0 aromatic heterocycles. The van der Waals surface area contributed by atoms with Gasteiger partial charge in [0, 0.05) is 31.4 Å². The number of anilines is 2. The first-order valence-electron chi connectivity index (χ1n) is 6.30. The number of rotatable bonds is 3. The third-order valence-corrected chi connectivity index (χ3v) is 3.61. The van der Waals surface area contributed by atoms with E-state index in [2.05, 4.69) is 5.32 Å². The summed E-state index contributed by atoms with van der Waals surface area (Å²) >= 11 is 0. The summed E-state index contributed by atoms with van der Waals surface area (Å²) in [6.07, 6.45) is 0.314. The number of benzene rings is 1. The van der Waals surface area contributed by atoms with Crippen LogP contribution in [-0.4, -0.2) is 25.4 Å². The molecule has 1 aliphatic rings. The van der Waals surface area contributed by atoms with Gasteiger partial charge in [-0.1, -0.05) is 0 Å². The lowest BCUT2D eigenvalue weighted by Gasteiger charge is -2.20. The smallest absolute Gasteiger partial charge is 0.234 e. The predicted molar refractivity (Wildman–Crippen MR) is 75.2 cm³/mol. The van der Waals surface area contributed by atoms with E-state index in [1.807, 2.05) is 32.0 Å². The molecule has 5 heteroatoms. The zero-order chi connectivity index (χ0) is 14.2. The highest BCUT2D eigenvalue weighted by molar-refractivity contribution is 6.06. The Balaban J connectivity index is 2.35. The fourth-order valence-electron chi connectivity index (χ4n) is 2.20. The minimum atomic E-state index is -0.566. The van der Waals surface area contributed by atoms with Crippen molar-refractivity contribution < 1.29 is 9.59 Å². The minimum absolute atomic E-state index is 0.0180. The van der Waals surface area contributed by atoms with Crippen molar-refractivity contribution in [2.75, 3.05) is 23.8 Å². The number of fused-ring (bicyclic) bond motifs is 1. The second kappa shape index (κ2) is 4.66. The van der Waals surface area contributed by atoms with Crippen molar-refractivity contribution in [2.24, 2.45) is 5.73 Å². The summed E-state index contributed by atoms with van der Waals surface area (Å²) in [4.78, 5) is 25.3. The molecular formula is C14H19N3O2. The number of hydrogen-bond acceptors (Lipinski definition) is 3. The van der Waals surface area contributed by atoms with Gasteiger partial charge < -0.3 is 16.0 Å². The molecule has 0 saturated carbocycles. The van der Waals surface area contributed by atoms with Crippen molar-refractivity contribution in [3.05, 3.63) is 23.8 Å². The lowest BCUT2D eigenvalue weighted by atomic mass is 9.86. The van der Waals surface area contributed by atoms with E-state index in [1.165, 1.54) is 0 Å². The number of nitrogens with two attached hydrogens (primary N) is 1. The van der Waals surface area contributed by atoms with Gasteiger partial charge in [-0.15, -0.1) is 0 Å². The van der Waals surface area contributed by atoms with Crippen LogP contribution in [0.4, 0.5) is 11.4 Å². The quantitative estimate of drug-likeness (QED) is 0.859. The lowest BCUT2D eigenvalue weighted by molar-refractivity contribution is -0.120. The summed E-state index contributed by atoms with van der Waals surface area (Å²) in [6, 6.07) is 5.56. The van der Waals surface area contributed by atoms with Crippen LogP contribution < -0.4 is 16.0 Å². The third-order valence-electron chi connectivity index (χ3n) is 3.61. The van der Waals surface area contributed by atoms with Gasteiger partial charge in [0.15, 0.2) is 0 Å². The van der Waals surface area contributed by atoms with Gasteiger partial charge in [0.1, 0.15) is 0 Å². The van der Waals surface area contributed by atoms with E-state index in [0.29, 0.717) is 13.0 Å². The predicted octanol–water partition coefficient (Wildman–Crippen LogP) is 1.23. The third kappa shape index (κ3) is 2.21. The largest absolute Gasteiger partial charge is 0.330 e. The van der Waals surface area contributed by atoms with Gasteiger partial charge in [-0.3, -0.25) is 9.59 Å². The van der Waals surface area contributed by atoms with Crippen molar-refractivity contribution in [1.82, 2.24) is 0 Å². The average Bonchev–Trinajstić information content (AvgIpc) is 2.59. The monoisotopic (exact) mass is 261 g/mol. The minimum Gasteiger partial charge on any atom is -0.330 e. The summed E-state index contributed by atoms with van der Waals surface area (Å²) in [5.41, 5.74) is 7.34. The second-order valence-electron chi connectivity index (χ2n) is 5.30. The molecule has 102 valence electrons. The maximum Gasteiger partial charge on any atom is 0.234 e. The Labute approximate surface area is 112 Å². The molecule has 2 rings (SSSR count). The van der Waals surface area contributed by atoms with E-state index in [4.69, 9.17) is 5.73 Å². The van der Waals surface area contributed by atoms with Crippen LogP contribution in [0.2, 0.25) is 0 Å². The molecule has 0 aliphatic carbocycles. The van der Waals surface area contributed by atoms with Crippen LogP contribution in [0.5, 0.6) is 0 Å². The van der Waals surface area contributed by atoms with Crippen molar-refractivity contribution in [3.8, 4) is 0 Å². The van der Waals surface area contributed by atoms with Crippen LogP contribution in [0, 0.1) is 0 Å². The second-order valence-corrected chi connectivity index (χ2v) is 5.30. The molecule has 1 aromatic carbocycles. The Hall–Kier alpha value is -1.88. The number of nitrogens with one attached hydrogen (secondary N) is 1. The maximum atomic E-state index is 11.9. The SMILES string of the molecule is CN(C(=O)CCN)c1ccc2c(c1)C(C)(C)C(=O)N2. The molecule has 1 heterocycles. The molecule has 0 spiro atoms. The number of carbonyl (C=O) groups is 2. The molecule has 1 aliphatic heterocycles. The Morgan fingerprint density at radius 2 is 2.11 bits per heavy atom. The topological polar surface area (TPSA) is 75.4 Å². The van der Waals surface area contributed by atoms with E-state index in [0.717, 1.165) is 16.9 Å². The first-order chi connectivity index (χ1) is 8.87. The molecule has 2 amide bonds. The first kappa shape index (κ1) is 13.5. The van der Waals surface area contributed by atoms with Gasteiger partial charge in [0.05, 0.1) is 5.41 Å². The van der Waals surface area contributed by atoms with Crippen molar-refractivity contribution in [3.63, 3.8) is 0 Å². The highest BCUT2D eigenvalue weighted by atomic mass is 16.2. The molecule has 0 radical (unpaired) electrons. The standard InChI is InChI=1S/C14H19N3O2/c1-14(2)10-8-9(17(3)12(18)6-7-15)4-5-11(10)16-13(14)19/h4-5,8H,6-7,15H2,1-3H3,(H,16,19). The van der Waals surface area contributed by atoms with Gasteiger partial charge >= 0.3 is 0 Å². The molecule has 0 fully saturated rings. The Kier molecular flexibility index (Phi) is 3.32. The number of carbonyl (C=O) groups excluding carboxylic acids is 2. The van der Waals surface area contributed by atoms with Crippen molar-refractivity contribution in [2.45, 2.75) is 25.7 Å². The average molecular weight is 261 g/mol. The van der Waals surface area contributed by atoms with Crippen LogP contribution >= 0.6 is 0 Å². The van der Waals surface area contributed by atoms with Gasteiger partial charge in [0.25, 0.3) is 0 Å².